The van der Waals surface area contributed by atoms with Gasteiger partial charge >= 0.3 is 6.36 Å². The van der Waals surface area contributed by atoms with Crippen molar-refractivity contribution < 1.29 is 22.7 Å². The molecule has 1 saturated heterocycles. The third-order valence-electron chi connectivity index (χ3n) is 5.48. The highest BCUT2D eigenvalue weighted by Gasteiger charge is 2.32. The Bertz CT molecular complexity index is 1170. The van der Waals surface area contributed by atoms with Gasteiger partial charge in [-0.3, -0.25) is 4.79 Å². The third kappa shape index (κ3) is 4.77. The molecule has 3 aromatic rings. The van der Waals surface area contributed by atoms with E-state index in [1.807, 2.05) is 20.2 Å². The zero-order valence-corrected chi connectivity index (χ0v) is 18.1. The first-order chi connectivity index (χ1) is 15.7. The van der Waals surface area contributed by atoms with Crippen molar-refractivity contribution in [2.24, 2.45) is 0 Å². The number of pyridine rings is 1. The number of halogens is 3. The molecule has 1 aliphatic heterocycles. The lowest BCUT2D eigenvalue weighted by Gasteiger charge is -2.44. The fourth-order valence-corrected chi connectivity index (χ4v) is 3.67. The Hall–Kier alpha value is -3.60. The summed E-state index contributed by atoms with van der Waals surface area (Å²) in [5.74, 6) is -0.668. The van der Waals surface area contributed by atoms with E-state index in [9.17, 15) is 18.0 Å². The van der Waals surface area contributed by atoms with Gasteiger partial charge < -0.3 is 19.9 Å². The van der Waals surface area contributed by atoms with E-state index in [1.54, 1.807) is 10.9 Å². The number of benzene rings is 1. The lowest BCUT2D eigenvalue weighted by atomic mass is 10.1. The number of nitrogens with zero attached hydrogens (tertiary/aromatic N) is 5. The fraction of sp³-hybridized carbons (Fsp3) is 0.318. The van der Waals surface area contributed by atoms with E-state index in [0.717, 1.165) is 24.2 Å². The van der Waals surface area contributed by atoms with E-state index < -0.39 is 6.36 Å². The molecule has 174 valence electrons. The molecule has 2 aromatic heterocycles. The number of hydrogen-bond acceptors (Lipinski definition) is 6. The molecule has 11 heteroatoms. The number of ether oxygens (including phenoxy) is 1. The van der Waals surface area contributed by atoms with Crippen LogP contribution in [0.25, 0.3) is 16.7 Å². The molecule has 1 aromatic carbocycles. The van der Waals surface area contributed by atoms with Crippen molar-refractivity contribution in [3.63, 3.8) is 0 Å². The molecule has 1 fully saturated rings. The summed E-state index contributed by atoms with van der Waals surface area (Å²) in [4.78, 5) is 20.6. The molecule has 0 unspecified atom stereocenters. The van der Waals surface area contributed by atoms with Crippen molar-refractivity contribution in [2.45, 2.75) is 18.9 Å². The van der Waals surface area contributed by atoms with Crippen LogP contribution in [0.5, 0.6) is 5.75 Å². The Kier molecular flexibility index (Phi) is 5.98. The summed E-state index contributed by atoms with van der Waals surface area (Å²) in [6, 6.07) is 7.71. The second-order valence-corrected chi connectivity index (χ2v) is 7.87. The van der Waals surface area contributed by atoms with Crippen LogP contribution in [0.3, 0.4) is 0 Å². The Balaban J connectivity index is 1.73. The number of aromatic nitrogens is 3. The summed E-state index contributed by atoms with van der Waals surface area (Å²) in [6.45, 7) is 5.27. The maximum absolute atomic E-state index is 12.5. The summed E-state index contributed by atoms with van der Waals surface area (Å²) in [6.07, 6.45) is -1.92. The summed E-state index contributed by atoms with van der Waals surface area (Å²) in [7, 11) is 4.06. The molecular formula is C22H23F3N6O2. The number of alkyl halides is 3. The van der Waals surface area contributed by atoms with E-state index >= 15 is 0 Å². The summed E-state index contributed by atoms with van der Waals surface area (Å²) >= 11 is 0. The molecule has 1 aliphatic rings. The number of carbonyl (C=O) groups excluding carboxylic acids is 1. The van der Waals surface area contributed by atoms with Crippen molar-refractivity contribution in [1.82, 2.24) is 25.0 Å². The van der Waals surface area contributed by atoms with E-state index in [4.69, 9.17) is 0 Å². The van der Waals surface area contributed by atoms with Crippen LogP contribution in [0.2, 0.25) is 0 Å². The minimum absolute atomic E-state index is 0.146. The summed E-state index contributed by atoms with van der Waals surface area (Å²) < 4.78 is 43.0. The second-order valence-electron chi connectivity index (χ2n) is 7.87. The average Bonchev–Trinajstić information content (AvgIpc) is 3.09. The van der Waals surface area contributed by atoms with Crippen molar-refractivity contribution in [2.75, 3.05) is 32.1 Å². The van der Waals surface area contributed by atoms with Gasteiger partial charge in [-0.05, 0) is 50.5 Å². The number of fused-ring (bicyclic) bond motifs is 1. The molecule has 33 heavy (non-hydrogen) atoms. The first kappa shape index (κ1) is 22.6. The molecule has 0 saturated carbocycles. The van der Waals surface area contributed by atoms with Gasteiger partial charge in [-0.2, -0.15) is 5.10 Å². The Morgan fingerprint density at radius 2 is 1.97 bits per heavy atom. The molecule has 1 amide bonds. The molecule has 0 atom stereocenters. The number of rotatable bonds is 7. The topological polar surface area (TPSA) is 75.5 Å². The van der Waals surface area contributed by atoms with Crippen LogP contribution in [0.1, 0.15) is 5.69 Å². The maximum Gasteiger partial charge on any atom is 0.573 e. The number of anilines is 1. The van der Waals surface area contributed by atoms with Gasteiger partial charge in [0.2, 0.25) is 5.91 Å². The smallest absolute Gasteiger partial charge is 0.406 e. The SMILES string of the molecule is C=CC(=O)NCc1nn(-c2ccc(OC(F)(F)F)cc2)c2nccc(N3CC(N(C)C)C3)c12. The Morgan fingerprint density at radius 3 is 2.58 bits per heavy atom. The quantitative estimate of drug-likeness (QED) is 0.547. The normalized spacial score (nSPS) is 14.4. The summed E-state index contributed by atoms with van der Waals surface area (Å²) in [5.41, 5.74) is 2.57. The fourth-order valence-electron chi connectivity index (χ4n) is 3.67. The second kappa shape index (κ2) is 8.74. The van der Waals surface area contributed by atoms with Crippen molar-refractivity contribution >= 4 is 22.6 Å². The van der Waals surface area contributed by atoms with Gasteiger partial charge in [-0.1, -0.05) is 6.58 Å². The Morgan fingerprint density at radius 1 is 1.27 bits per heavy atom. The molecule has 8 nitrogen and oxygen atoms in total. The monoisotopic (exact) mass is 460 g/mol. The van der Waals surface area contributed by atoms with Crippen LogP contribution in [0.4, 0.5) is 18.9 Å². The van der Waals surface area contributed by atoms with E-state index in [1.165, 1.54) is 30.3 Å². The molecular weight excluding hydrogens is 437 g/mol. The van der Waals surface area contributed by atoms with Gasteiger partial charge in [-0.15, -0.1) is 13.2 Å². The van der Waals surface area contributed by atoms with E-state index in [0.29, 0.717) is 23.1 Å². The predicted octanol–water partition coefficient (Wildman–Crippen LogP) is 2.87. The number of amides is 1. The zero-order valence-electron chi connectivity index (χ0n) is 18.1. The largest absolute Gasteiger partial charge is 0.573 e. The van der Waals surface area contributed by atoms with Crippen LogP contribution in [0, 0.1) is 0 Å². The van der Waals surface area contributed by atoms with Crippen LogP contribution in [0.15, 0.2) is 49.2 Å². The van der Waals surface area contributed by atoms with Gasteiger partial charge in [0, 0.05) is 25.3 Å². The summed E-state index contributed by atoms with van der Waals surface area (Å²) in [5, 5.41) is 8.14. The number of likely N-dealkylation sites (N-methyl/N-ethyl adjacent to an activating group) is 1. The highest BCUT2D eigenvalue weighted by Crippen LogP contribution is 2.34. The average molecular weight is 460 g/mol. The van der Waals surface area contributed by atoms with Crippen LogP contribution >= 0.6 is 0 Å². The molecule has 4 rings (SSSR count). The molecule has 0 radical (unpaired) electrons. The van der Waals surface area contributed by atoms with E-state index in [2.05, 4.69) is 36.5 Å². The Labute approximate surface area is 188 Å². The standard InChI is InChI=1S/C22H23F3N6O2/c1-4-19(32)27-11-17-20-18(30-12-15(13-30)29(2)3)9-10-26-21(20)31(28-17)14-5-7-16(8-6-14)33-22(23,24)25/h4-10,15H,1,11-13H2,2-3H3,(H,27,32). The first-order valence-corrected chi connectivity index (χ1v) is 10.2. The first-order valence-electron chi connectivity index (χ1n) is 10.2. The lowest BCUT2D eigenvalue weighted by Crippen LogP contribution is -2.57. The van der Waals surface area contributed by atoms with Crippen LogP contribution in [-0.4, -0.2) is 65.2 Å². The molecule has 0 aliphatic carbocycles. The molecule has 0 bridgehead atoms. The van der Waals surface area contributed by atoms with Gasteiger partial charge in [0.05, 0.1) is 29.0 Å². The van der Waals surface area contributed by atoms with Gasteiger partial charge in [-0.25, -0.2) is 9.67 Å². The number of nitrogens with one attached hydrogen (secondary N) is 1. The minimum atomic E-state index is -4.77. The van der Waals surface area contributed by atoms with Crippen LogP contribution < -0.4 is 15.0 Å². The highest BCUT2D eigenvalue weighted by molar-refractivity contribution is 5.94. The van der Waals surface area contributed by atoms with Gasteiger partial charge in [0.1, 0.15) is 5.75 Å². The third-order valence-corrected chi connectivity index (χ3v) is 5.48. The zero-order chi connectivity index (χ0) is 23.8. The van der Waals surface area contributed by atoms with Crippen molar-refractivity contribution in [3.05, 3.63) is 54.9 Å². The molecule has 0 spiro atoms. The van der Waals surface area contributed by atoms with Gasteiger partial charge in [0.15, 0.2) is 5.65 Å². The van der Waals surface area contributed by atoms with Crippen molar-refractivity contribution in [1.29, 1.82) is 0 Å². The predicted molar refractivity (Wildman–Crippen MR) is 117 cm³/mol. The van der Waals surface area contributed by atoms with Crippen molar-refractivity contribution in [3.8, 4) is 11.4 Å². The van der Waals surface area contributed by atoms with Gasteiger partial charge in [0.25, 0.3) is 0 Å². The molecule has 3 heterocycles. The van der Waals surface area contributed by atoms with Crippen LogP contribution in [-0.2, 0) is 11.3 Å². The lowest BCUT2D eigenvalue weighted by molar-refractivity contribution is -0.274. The molecule has 1 N–H and O–H groups in total. The van der Waals surface area contributed by atoms with E-state index in [-0.39, 0.29) is 18.2 Å². The number of hydrogen-bond donors (Lipinski definition) is 1. The number of carbonyl (C=O) groups is 1. The minimum Gasteiger partial charge on any atom is -0.406 e. The highest BCUT2D eigenvalue weighted by atomic mass is 19.4. The maximum atomic E-state index is 12.5.